The summed E-state index contributed by atoms with van der Waals surface area (Å²) in [6.45, 7) is 2.16. The van der Waals surface area contributed by atoms with Crippen molar-refractivity contribution in [2.45, 2.75) is 63.5 Å². The Bertz CT molecular complexity index is 278. The van der Waals surface area contributed by atoms with Gasteiger partial charge in [-0.25, -0.2) is 0 Å². The summed E-state index contributed by atoms with van der Waals surface area (Å²) in [6, 6.07) is 3.73. The standard InChI is InChI=1S/C15H27N3/c1-18(14-7-3-4-8-14)11-10-17-15-9-5-2-6-13(15)12-16/h13-15,17H,2-11H2,1H3. The lowest BCUT2D eigenvalue weighted by Crippen LogP contribution is -2.43. The summed E-state index contributed by atoms with van der Waals surface area (Å²) in [5.74, 6) is 0.246. The van der Waals surface area contributed by atoms with Crippen molar-refractivity contribution in [3.05, 3.63) is 0 Å². The van der Waals surface area contributed by atoms with Gasteiger partial charge in [0.1, 0.15) is 0 Å². The highest BCUT2D eigenvalue weighted by atomic mass is 15.1. The lowest BCUT2D eigenvalue weighted by Gasteiger charge is -2.30. The quantitative estimate of drug-likeness (QED) is 0.814. The third-order valence-electron chi connectivity index (χ3n) is 4.75. The molecule has 0 radical (unpaired) electrons. The zero-order valence-electron chi connectivity index (χ0n) is 11.7. The molecule has 0 aromatic rings. The highest BCUT2D eigenvalue weighted by molar-refractivity contribution is 4.94. The Balaban J connectivity index is 1.66. The summed E-state index contributed by atoms with van der Waals surface area (Å²) < 4.78 is 0. The topological polar surface area (TPSA) is 39.1 Å². The van der Waals surface area contributed by atoms with Crippen molar-refractivity contribution in [2.24, 2.45) is 5.92 Å². The molecule has 3 heteroatoms. The van der Waals surface area contributed by atoms with Crippen LogP contribution in [0.4, 0.5) is 0 Å². The summed E-state index contributed by atoms with van der Waals surface area (Å²) in [4.78, 5) is 2.50. The van der Waals surface area contributed by atoms with E-state index >= 15 is 0 Å². The Labute approximate surface area is 112 Å². The second kappa shape index (κ2) is 7.11. The van der Waals surface area contributed by atoms with Gasteiger partial charge in [0.25, 0.3) is 0 Å². The Hall–Kier alpha value is -0.590. The van der Waals surface area contributed by atoms with Crippen molar-refractivity contribution >= 4 is 0 Å². The third kappa shape index (κ3) is 3.70. The zero-order valence-corrected chi connectivity index (χ0v) is 11.7. The zero-order chi connectivity index (χ0) is 12.8. The van der Waals surface area contributed by atoms with Crippen LogP contribution in [-0.4, -0.2) is 37.1 Å². The van der Waals surface area contributed by atoms with E-state index in [-0.39, 0.29) is 5.92 Å². The summed E-state index contributed by atoms with van der Waals surface area (Å²) in [5, 5.41) is 12.8. The van der Waals surface area contributed by atoms with Gasteiger partial charge < -0.3 is 10.2 Å². The van der Waals surface area contributed by atoms with E-state index in [1.165, 1.54) is 44.9 Å². The second-order valence-electron chi connectivity index (χ2n) is 6.00. The molecule has 0 spiro atoms. The molecule has 1 N–H and O–H groups in total. The normalized spacial score (nSPS) is 29.6. The second-order valence-corrected chi connectivity index (χ2v) is 6.00. The van der Waals surface area contributed by atoms with Crippen LogP contribution >= 0.6 is 0 Å². The number of hydrogen-bond donors (Lipinski definition) is 1. The maximum Gasteiger partial charge on any atom is 0.0672 e. The van der Waals surface area contributed by atoms with Crippen molar-refractivity contribution < 1.29 is 0 Å². The van der Waals surface area contributed by atoms with E-state index in [9.17, 15) is 0 Å². The number of nitriles is 1. The van der Waals surface area contributed by atoms with E-state index in [1.807, 2.05) is 0 Å². The molecule has 18 heavy (non-hydrogen) atoms. The smallest absolute Gasteiger partial charge is 0.0672 e. The Morgan fingerprint density at radius 3 is 2.50 bits per heavy atom. The molecule has 3 nitrogen and oxygen atoms in total. The van der Waals surface area contributed by atoms with Gasteiger partial charge in [0.15, 0.2) is 0 Å². The van der Waals surface area contributed by atoms with Gasteiger partial charge in [-0.15, -0.1) is 0 Å². The molecule has 0 amide bonds. The van der Waals surface area contributed by atoms with E-state index in [1.54, 1.807) is 0 Å². The fourth-order valence-corrected chi connectivity index (χ4v) is 3.48. The monoisotopic (exact) mass is 249 g/mol. The van der Waals surface area contributed by atoms with Crippen LogP contribution in [-0.2, 0) is 0 Å². The molecule has 0 aromatic heterocycles. The van der Waals surface area contributed by atoms with Gasteiger partial charge in [-0.1, -0.05) is 25.7 Å². The van der Waals surface area contributed by atoms with Crippen LogP contribution in [0.25, 0.3) is 0 Å². The highest BCUT2D eigenvalue weighted by Crippen LogP contribution is 2.24. The van der Waals surface area contributed by atoms with Crippen LogP contribution in [0.5, 0.6) is 0 Å². The lowest BCUT2D eigenvalue weighted by molar-refractivity contribution is 0.231. The molecular formula is C15H27N3. The van der Waals surface area contributed by atoms with Crippen LogP contribution in [0.1, 0.15) is 51.4 Å². The Morgan fingerprint density at radius 2 is 1.78 bits per heavy atom. The molecular weight excluding hydrogens is 222 g/mol. The Morgan fingerprint density at radius 1 is 1.11 bits per heavy atom. The first-order valence-electron chi connectivity index (χ1n) is 7.64. The fraction of sp³-hybridized carbons (Fsp3) is 0.933. The van der Waals surface area contributed by atoms with Gasteiger partial charge in [-0.3, -0.25) is 0 Å². The average Bonchev–Trinajstić information content (AvgIpc) is 2.93. The molecule has 0 saturated heterocycles. The van der Waals surface area contributed by atoms with E-state index < -0.39 is 0 Å². The first kappa shape index (κ1) is 13.8. The van der Waals surface area contributed by atoms with E-state index in [4.69, 9.17) is 5.26 Å². The van der Waals surface area contributed by atoms with Crippen LogP contribution in [0.15, 0.2) is 0 Å². The Kier molecular flexibility index (Phi) is 5.46. The van der Waals surface area contributed by atoms with E-state index in [0.29, 0.717) is 6.04 Å². The number of nitrogens with zero attached hydrogens (tertiary/aromatic N) is 2. The van der Waals surface area contributed by atoms with Crippen LogP contribution in [0.3, 0.4) is 0 Å². The summed E-state index contributed by atoms with van der Waals surface area (Å²) in [6.07, 6.45) is 10.4. The minimum atomic E-state index is 0.246. The number of nitrogens with one attached hydrogen (secondary N) is 1. The van der Waals surface area contributed by atoms with Crippen LogP contribution in [0.2, 0.25) is 0 Å². The summed E-state index contributed by atoms with van der Waals surface area (Å²) in [7, 11) is 2.25. The predicted octanol–water partition coefficient (Wildman–Crippen LogP) is 2.53. The third-order valence-corrected chi connectivity index (χ3v) is 4.75. The van der Waals surface area contributed by atoms with Gasteiger partial charge >= 0.3 is 0 Å². The van der Waals surface area contributed by atoms with Crippen molar-refractivity contribution in [3.8, 4) is 6.07 Å². The minimum Gasteiger partial charge on any atom is -0.311 e. The first-order chi connectivity index (χ1) is 8.81. The molecule has 2 atom stereocenters. The van der Waals surface area contributed by atoms with Gasteiger partial charge in [-0.05, 0) is 32.7 Å². The fourth-order valence-electron chi connectivity index (χ4n) is 3.48. The average molecular weight is 249 g/mol. The van der Waals surface area contributed by atoms with Crippen molar-refractivity contribution in [3.63, 3.8) is 0 Å². The molecule has 2 rings (SSSR count). The molecule has 0 heterocycles. The number of rotatable bonds is 5. The molecule has 2 aliphatic carbocycles. The number of hydrogen-bond acceptors (Lipinski definition) is 3. The molecule has 2 saturated carbocycles. The molecule has 0 aliphatic heterocycles. The van der Waals surface area contributed by atoms with Crippen molar-refractivity contribution in [1.29, 1.82) is 5.26 Å². The lowest BCUT2D eigenvalue weighted by atomic mass is 9.85. The van der Waals surface area contributed by atoms with Crippen LogP contribution in [0, 0.1) is 17.2 Å². The van der Waals surface area contributed by atoms with E-state index in [2.05, 4.69) is 23.3 Å². The largest absolute Gasteiger partial charge is 0.311 e. The summed E-state index contributed by atoms with van der Waals surface area (Å²) >= 11 is 0. The van der Waals surface area contributed by atoms with Gasteiger partial charge in [0, 0.05) is 25.2 Å². The van der Waals surface area contributed by atoms with E-state index in [0.717, 1.165) is 25.6 Å². The SMILES string of the molecule is CN(CCNC1CCCCC1C#N)C1CCCC1. The molecule has 102 valence electrons. The maximum absolute atomic E-state index is 9.14. The molecule has 2 aliphatic rings. The van der Waals surface area contributed by atoms with Gasteiger partial charge in [0.05, 0.1) is 12.0 Å². The predicted molar refractivity (Wildman–Crippen MR) is 74.2 cm³/mol. The molecule has 2 unspecified atom stereocenters. The highest BCUT2D eigenvalue weighted by Gasteiger charge is 2.24. The molecule has 2 fully saturated rings. The molecule has 0 aromatic carbocycles. The summed E-state index contributed by atoms with van der Waals surface area (Å²) in [5.41, 5.74) is 0. The van der Waals surface area contributed by atoms with Gasteiger partial charge in [0.2, 0.25) is 0 Å². The van der Waals surface area contributed by atoms with Crippen molar-refractivity contribution in [2.75, 3.05) is 20.1 Å². The van der Waals surface area contributed by atoms with Crippen LogP contribution < -0.4 is 5.32 Å². The van der Waals surface area contributed by atoms with Gasteiger partial charge in [-0.2, -0.15) is 5.26 Å². The minimum absolute atomic E-state index is 0.246. The molecule has 0 bridgehead atoms. The number of likely N-dealkylation sites (N-methyl/N-ethyl adjacent to an activating group) is 1. The first-order valence-corrected chi connectivity index (χ1v) is 7.64. The van der Waals surface area contributed by atoms with Crippen molar-refractivity contribution in [1.82, 2.24) is 10.2 Å². The maximum atomic E-state index is 9.14.